The molecule has 0 spiro atoms. The Morgan fingerprint density at radius 2 is 2.31 bits per heavy atom. The zero-order valence-electron chi connectivity index (χ0n) is 10.00. The van der Waals surface area contributed by atoms with Gasteiger partial charge in [-0.1, -0.05) is 6.92 Å². The lowest BCUT2D eigenvalue weighted by Gasteiger charge is -2.23. The third-order valence-electron chi connectivity index (χ3n) is 3.63. The molecular weight excluding hydrogens is 204 g/mol. The van der Waals surface area contributed by atoms with Crippen LogP contribution in [0.25, 0.3) is 0 Å². The molecule has 4 heteroatoms. The summed E-state index contributed by atoms with van der Waals surface area (Å²) < 4.78 is 5.59. The summed E-state index contributed by atoms with van der Waals surface area (Å²) in [6.07, 6.45) is 3.71. The molecule has 0 aliphatic carbocycles. The van der Waals surface area contributed by atoms with E-state index < -0.39 is 0 Å². The molecule has 16 heavy (non-hydrogen) atoms. The van der Waals surface area contributed by atoms with Crippen molar-refractivity contribution < 1.29 is 9.53 Å². The number of hydrogen-bond acceptors (Lipinski definition) is 3. The van der Waals surface area contributed by atoms with E-state index in [0.29, 0.717) is 12.5 Å². The summed E-state index contributed by atoms with van der Waals surface area (Å²) in [6.45, 7) is 5.43. The highest BCUT2D eigenvalue weighted by Crippen LogP contribution is 2.16. The molecule has 0 bridgehead atoms. The predicted octanol–water partition coefficient (Wildman–Crippen LogP) is 0.527. The van der Waals surface area contributed by atoms with Gasteiger partial charge in [-0.3, -0.25) is 4.79 Å². The first-order chi connectivity index (χ1) is 7.77. The highest BCUT2D eigenvalue weighted by molar-refractivity contribution is 5.79. The van der Waals surface area contributed by atoms with Crippen LogP contribution in [0.1, 0.15) is 26.2 Å². The number of ether oxygens (including phenoxy) is 1. The maximum Gasteiger partial charge on any atom is 0.224 e. The van der Waals surface area contributed by atoms with Crippen molar-refractivity contribution in [2.24, 2.45) is 11.8 Å². The van der Waals surface area contributed by atoms with Gasteiger partial charge in [0.15, 0.2) is 0 Å². The SMILES string of the molecule is C[C@@H]1CNC[C@H]1C(=O)NCC1CCCCO1. The van der Waals surface area contributed by atoms with Crippen molar-refractivity contribution in [3.8, 4) is 0 Å². The maximum absolute atomic E-state index is 11.9. The van der Waals surface area contributed by atoms with Gasteiger partial charge in [0.25, 0.3) is 0 Å². The van der Waals surface area contributed by atoms with E-state index in [0.717, 1.165) is 32.5 Å². The number of rotatable bonds is 3. The van der Waals surface area contributed by atoms with Crippen LogP contribution in [0.5, 0.6) is 0 Å². The minimum Gasteiger partial charge on any atom is -0.376 e. The molecule has 3 atom stereocenters. The molecule has 2 saturated heterocycles. The Hall–Kier alpha value is -0.610. The molecule has 2 aliphatic heterocycles. The van der Waals surface area contributed by atoms with E-state index in [9.17, 15) is 4.79 Å². The molecule has 2 fully saturated rings. The second-order valence-corrected chi connectivity index (χ2v) is 4.98. The second kappa shape index (κ2) is 5.64. The van der Waals surface area contributed by atoms with Gasteiger partial charge in [-0.15, -0.1) is 0 Å². The average molecular weight is 226 g/mol. The summed E-state index contributed by atoms with van der Waals surface area (Å²) in [7, 11) is 0. The van der Waals surface area contributed by atoms with Gasteiger partial charge in [-0.25, -0.2) is 0 Å². The number of nitrogens with one attached hydrogen (secondary N) is 2. The predicted molar refractivity (Wildman–Crippen MR) is 62.1 cm³/mol. The second-order valence-electron chi connectivity index (χ2n) is 4.98. The highest BCUT2D eigenvalue weighted by atomic mass is 16.5. The molecule has 0 radical (unpaired) electrons. The lowest BCUT2D eigenvalue weighted by Crippen LogP contribution is -2.40. The Bertz CT molecular complexity index is 239. The summed E-state index contributed by atoms with van der Waals surface area (Å²) in [5.74, 6) is 0.780. The zero-order valence-corrected chi connectivity index (χ0v) is 10.00. The van der Waals surface area contributed by atoms with Crippen LogP contribution in [0.2, 0.25) is 0 Å². The van der Waals surface area contributed by atoms with E-state index in [1.807, 2.05) is 0 Å². The smallest absolute Gasteiger partial charge is 0.224 e. The van der Waals surface area contributed by atoms with Crippen molar-refractivity contribution >= 4 is 5.91 Å². The highest BCUT2D eigenvalue weighted by Gasteiger charge is 2.29. The van der Waals surface area contributed by atoms with E-state index in [-0.39, 0.29) is 17.9 Å². The van der Waals surface area contributed by atoms with Crippen LogP contribution in [0.15, 0.2) is 0 Å². The normalized spacial score (nSPS) is 34.9. The van der Waals surface area contributed by atoms with Crippen LogP contribution in [-0.2, 0) is 9.53 Å². The van der Waals surface area contributed by atoms with Gasteiger partial charge in [0.1, 0.15) is 0 Å². The molecule has 2 heterocycles. The Morgan fingerprint density at radius 1 is 1.44 bits per heavy atom. The number of carbonyl (C=O) groups excluding carboxylic acids is 1. The first-order valence-corrected chi connectivity index (χ1v) is 6.37. The Labute approximate surface area is 97.1 Å². The fraction of sp³-hybridized carbons (Fsp3) is 0.917. The summed E-state index contributed by atoms with van der Waals surface area (Å²) in [5.41, 5.74) is 0. The monoisotopic (exact) mass is 226 g/mol. The molecule has 1 amide bonds. The first-order valence-electron chi connectivity index (χ1n) is 6.37. The number of amides is 1. The lowest BCUT2D eigenvalue weighted by molar-refractivity contribution is -0.126. The molecule has 0 saturated carbocycles. The first kappa shape index (κ1) is 11.9. The summed E-state index contributed by atoms with van der Waals surface area (Å²) in [6, 6.07) is 0. The number of carbonyl (C=O) groups is 1. The topological polar surface area (TPSA) is 50.4 Å². The van der Waals surface area contributed by atoms with E-state index >= 15 is 0 Å². The molecule has 1 unspecified atom stereocenters. The van der Waals surface area contributed by atoms with Gasteiger partial charge < -0.3 is 15.4 Å². The van der Waals surface area contributed by atoms with Crippen molar-refractivity contribution in [3.05, 3.63) is 0 Å². The van der Waals surface area contributed by atoms with E-state index in [1.165, 1.54) is 6.42 Å². The lowest BCUT2D eigenvalue weighted by atomic mass is 9.97. The molecule has 2 aliphatic rings. The zero-order chi connectivity index (χ0) is 11.4. The fourth-order valence-electron chi connectivity index (χ4n) is 2.47. The van der Waals surface area contributed by atoms with Crippen molar-refractivity contribution in [3.63, 3.8) is 0 Å². The maximum atomic E-state index is 11.9. The van der Waals surface area contributed by atoms with E-state index in [4.69, 9.17) is 4.74 Å². The summed E-state index contributed by atoms with van der Waals surface area (Å²) in [4.78, 5) is 11.9. The third kappa shape index (κ3) is 2.95. The van der Waals surface area contributed by atoms with E-state index in [2.05, 4.69) is 17.6 Å². The summed E-state index contributed by atoms with van der Waals surface area (Å²) in [5, 5.41) is 6.27. The fourth-order valence-corrected chi connectivity index (χ4v) is 2.47. The van der Waals surface area contributed by atoms with Gasteiger partial charge >= 0.3 is 0 Å². The van der Waals surface area contributed by atoms with Crippen LogP contribution < -0.4 is 10.6 Å². The van der Waals surface area contributed by atoms with Crippen molar-refractivity contribution in [2.45, 2.75) is 32.3 Å². The summed E-state index contributed by atoms with van der Waals surface area (Å²) >= 11 is 0. The standard InChI is InChI=1S/C12H22N2O2/c1-9-6-13-8-11(9)12(15)14-7-10-4-2-3-5-16-10/h9-11,13H,2-8H2,1H3,(H,14,15)/t9-,10?,11-/m1/s1. The minimum absolute atomic E-state index is 0.142. The van der Waals surface area contributed by atoms with Crippen LogP contribution in [0.3, 0.4) is 0 Å². The third-order valence-corrected chi connectivity index (χ3v) is 3.63. The molecule has 0 aromatic rings. The molecule has 2 N–H and O–H groups in total. The van der Waals surface area contributed by atoms with Crippen LogP contribution in [0, 0.1) is 11.8 Å². The minimum atomic E-state index is 0.142. The van der Waals surface area contributed by atoms with Gasteiger partial charge in [-0.2, -0.15) is 0 Å². The molecule has 4 nitrogen and oxygen atoms in total. The van der Waals surface area contributed by atoms with Gasteiger partial charge in [0.05, 0.1) is 12.0 Å². The van der Waals surface area contributed by atoms with E-state index in [1.54, 1.807) is 0 Å². The van der Waals surface area contributed by atoms with Crippen LogP contribution in [-0.4, -0.2) is 38.3 Å². The Kier molecular flexibility index (Phi) is 4.18. The average Bonchev–Trinajstić information content (AvgIpc) is 2.74. The van der Waals surface area contributed by atoms with Crippen molar-refractivity contribution in [1.82, 2.24) is 10.6 Å². The molecule has 92 valence electrons. The van der Waals surface area contributed by atoms with Gasteiger partial charge in [0.2, 0.25) is 5.91 Å². The molecule has 0 aromatic heterocycles. The van der Waals surface area contributed by atoms with Crippen LogP contribution in [0.4, 0.5) is 0 Å². The largest absolute Gasteiger partial charge is 0.376 e. The number of hydrogen-bond donors (Lipinski definition) is 2. The molecule has 0 aromatic carbocycles. The van der Waals surface area contributed by atoms with Crippen molar-refractivity contribution in [2.75, 3.05) is 26.2 Å². The van der Waals surface area contributed by atoms with Gasteiger partial charge in [0, 0.05) is 19.7 Å². The molecule has 2 rings (SSSR count). The van der Waals surface area contributed by atoms with Gasteiger partial charge in [-0.05, 0) is 31.7 Å². The quantitative estimate of drug-likeness (QED) is 0.738. The Morgan fingerprint density at radius 3 is 2.94 bits per heavy atom. The van der Waals surface area contributed by atoms with Crippen LogP contribution >= 0.6 is 0 Å². The van der Waals surface area contributed by atoms with Crippen molar-refractivity contribution in [1.29, 1.82) is 0 Å². The molecular formula is C12H22N2O2. The Balaban J connectivity index is 1.70.